The molecule has 1 aliphatic heterocycles. The number of hydrogen-bond donors (Lipinski definition) is 2. The van der Waals surface area contributed by atoms with Crippen molar-refractivity contribution in [3.63, 3.8) is 0 Å². The van der Waals surface area contributed by atoms with Gasteiger partial charge < -0.3 is 20.1 Å². The van der Waals surface area contributed by atoms with Gasteiger partial charge in [0.2, 0.25) is 5.91 Å². The van der Waals surface area contributed by atoms with Crippen LogP contribution < -0.4 is 15.4 Å². The predicted molar refractivity (Wildman–Crippen MR) is 126 cm³/mol. The van der Waals surface area contributed by atoms with Gasteiger partial charge in [-0.3, -0.25) is 9.59 Å². The van der Waals surface area contributed by atoms with Crippen molar-refractivity contribution in [3.05, 3.63) is 40.6 Å². The van der Waals surface area contributed by atoms with E-state index in [0.717, 1.165) is 6.26 Å². The van der Waals surface area contributed by atoms with Gasteiger partial charge >= 0.3 is 12.8 Å². The van der Waals surface area contributed by atoms with Crippen LogP contribution in [0.1, 0.15) is 40.0 Å². The predicted octanol–water partition coefficient (Wildman–Crippen LogP) is 2.56. The topological polar surface area (TPSA) is 129 Å². The summed E-state index contributed by atoms with van der Waals surface area (Å²) >= 11 is 0. The van der Waals surface area contributed by atoms with E-state index in [2.05, 4.69) is 20.5 Å². The van der Waals surface area contributed by atoms with E-state index in [4.69, 9.17) is 4.74 Å². The number of sulfone groups is 1. The molecule has 2 aromatic rings. The van der Waals surface area contributed by atoms with E-state index in [-0.39, 0.29) is 48.8 Å². The molecular formula is C23H25F5N4O6S. The zero-order chi connectivity index (χ0) is 28.6. The van der Waals surface area contributed by atoms with E-state index >= 15 is 0 Å². The average Bonchev–Trinajstić information content (AvgIpc) is 3.31. The quantitative estimate of drug-likeness (QED) is 0.327. The van der Waals surface area contributed by atoms with Gasteiger partial charge in [0.1, 0.15) is 22.9 Å². The van der Waals surface area contributed by atoms with E-state index < -0.39 is 52.3 Å². The molecule has 10 nitrogen and oxygen atoms in total. The lowest BCUT2D eigenvalue weighted by molar-refractivity contribution is -0.153. The minimum atomic E-state index is -4.49. The van der Waals surface area contributed by atoms with Crippen molar-refractivity contribution in [2.75, 3.05) is 30.5 Å². The Hall–Kier alpha value is -3.27. The van der Waals surface area contributed by atoms with E-state index in [0.29, 0.717) is 24.0 Å². The highest BCUT2D eigenvalue weighted by Gasteiger charge is 2.46. The molecular weight excluding hydrogens is 555 g/mol. The van der Waals surface area contributed by atoms with E-state index in [1.54, 1.807) is 6.07 Å². The third-order valence-electron chi connectivity index (χ3n) is 6.30. The molecule has 2 N–H and O–H groups in total. The molecule has 2 heterocycles. The van der Waals surface area contributed by atoms with Crippen molar-refractivity contribution in [2.45, 2.75) is 50.6 Å². The SMILES string of the molecule is CS(=O)(=O)CC(=O)Nc1c2c(nn1CCCOC(F)F)C[C@@]1(CCc3cc(OCC(F)(F)F)ccc31)NC2=O. The van der Waals surface area contributed by atoms with Crippen LogP contribution in [0.15, 0.2) is 18.2 Å². The average molecular weight is 581 g/mol. The first kappa shape index (κ1) is 28.7. The Bertz CT molecular complexity index is 1380. The van der Waals surface area contributed by atoms with Crippen LogP contribution in [0.5, 0.6) is 5.75 Å². The van der Waals surface area contributed by atoms with Crippen LogP contribution in [0.2, 0.25) is 0 Å². The molecule has 2 aliphatic rings. The number of carbonyl (C=O) groups is 2. The van der Waals surface area contributed by atoms with Crippen molar-refractivity contribution in [1.29, 1.82) is 0 Å². The molecule has 16 heteroatoms. The maximum atomic E-state index is 13.3. The summed E-state index contributed by atoms with van der Waals surface area (Å²) in [4.78, 5) is 25.7. The van der Waals surface area contributed by atoms with Crippen LogP contribution in [0.3, 0.4) is 0 Å². The first-order valence-electron chi connectivity index (χ1n) is 11.8. The maximum absolute atomic E-state index is 13.3. The highest BCUT2D eigenvalue weighted by molar-refractivity contribution is 7.91. The monoisotopic (exact) mass is 580 g/mol. The minimum absolute atomic E-state index is 0.0100. The summed E-state index contributed by atoms with van der Waals surface area (Å²) in [6.07, 6.45) is -2.55. The van der Waals surface area contributed by atoms with Gasteiger partial charge in [-0.2, -0.15) is 27.1 Å². The molecule has 4 rings (SSSR count). The number of fused-ring (bicyclic) bond motifs is 3. The van der Waals surface area contributed by atoms with E-state index in [9.17, 15) is 40.0 Å². The Labute approximate surface area is 219 Å². The zero-order valence-electron chi connectivity index (χ0n) is 20.6. The van der Waals surface area contributed by atoms with Gasteiger partial charge in [0.25, 0.3) is 5.91 Å². The number of ether oxygens (including phenoxy) is 2. The van der Waals surface area contributed by atoms with Crippen LogP contribution in [-0.2, 0) is 44.3 Å². The number of rotatable bonds is 10. The smallest absolute Gasteiger partial charge is 0.422 e. The van der Waals surface area contributed by atoms with Crippen molar-refractivity contribution >= 4 is 27.5 Å². The van der Waals surface area contributed by atoms with Gasteiger partial charge in [-0.15, -0.1) is 0 Å². The number of aromatic nitrogens is 2. The number of aryl methyl sites for hydroxylation is 2. The summed E-state index contributed by atoms with van der Waals surface area (Å²) < 4.78 is 95.8. The third kappa shape index (κ3) is 6.84. The molecule has 0 saturated heterocycles. The van der Waals surface area contributed by atoms with Gasteiger partial charge in [0.05, 0.1) is 17.8 Å². The van der Waals surface area contributed by atoms with Gasteiger partial charge in [-0.05, 0) is 42.5 Å². The zero-order valence-corrected chi connectivity index (χ0v) is 21.4. The number of nitrogens with one attached hydrogen (secondary N) is 2. The molecule has 0 unspecified atom stereocenters. The van der Waals surface area contributed by atoms with Gasteiger partial charge in [0.15, 0.2) is 16.4 Å². The highest BCUT2D eigenvalue weighted by Crippen LogP contribution is 2.44. The number of nitrogens with zero attached hydrogens (tertiary/aromatic N) is 2. The minimum Gasteiger partial charge on any atom is -0.484 e. The van der Waals surface area contributed by atoms with Crippen LogP contribution in [0.4, 0.5) is 27.8 Å². The van der Waals surface area contributed by atoms with Crippen LogP contribution in [0.25, 0.3) is 0 Å². The van der Waals surface area contributed by atoms with E-state index in [1.807, 2.05) is 0 Å². The van der Waals surface area contributed by atoms with Crippen molar-refractivity contribution in [1.82, 2.24) is 15.1 Å². The Morgan fingerprint density at radius 2 is 2.05 bits per heavy atom. The normalized spacial score (nSPS) is 18.7. The molecule has 39 heavy (non-hydrogen) atoms. The van der Waals surface area contributed by atoms with E-state index in [1.165, 1.54) is 16.8 Å². The molecule has 1 aliphatic carbocycles. The summed E-state index contributed by atoms with van der Waals surface area (Å²) in [5, 5.41) is 9.77. The molecule has 1 aromatic heterocycles. The Morgan fingerprint density at radius 1 is 1.31 bits per heavy atom. The largest absolute Gasteiger partial charge is 0.484 e. The van der Waals surface area contributed by atoms with Crippen molar-refractivity contribution in [2.24, 2.45) is 0 Å². The summed E-state index contributed by atoms with van der Waals surface area (Å²) in [7, 11) is -3.69. The number of halogens is 5. The fourth-order valence-electron chi connectivity index (χ4n) is 4.86. The first-order valence-corrected chi connectivity index (χ1v) is 13.8. The Kier molecular flexibility index (Phi) is 7.89. The molecule has 0 fully saturated rings. The molecule has 0 saturated carbocycles. The van der Waals surface area contributed by atoms with Crippen molar-refractivity contribution < 1.29 is 49.4 Å². The lowest BCUT2D eigenvalue weighted by Crippen LogP contribution is -2.49. The summed E-state index contributed by atoms with van der Waals surface area (Å²) in [6.45, 7) is -4.77. The summed E-state index contributed by atoms with van der Waals surface area (Å²) in [5.41, 5.74) is 0.755. The van der Waals surface area contributed by atoms with Gasteiger partial charge in [-0.25, -0.2) is 13.1 Å². The standard InChI is InChI=1S/C23H25F5N4O6S/c1-39(35,36)11-17(33)29-19-18-16(31-32(19)7-2-8-37-21(24)25)10-22(30-20(18)34)6-5-13-9-14(3-4-15(13)22)38-12-23(26,27)28/h3-4,9,21H,2,5-8,10-12H2,1H3,(H,29,33)(H,30,34)/t22-/m1/s1. The van der Waals surface area contributed by atoms with Gasteiger partial charge in [-0.1, -0.05) is 6.07 Å². The van der Waals surface area contributed by atoms with Crippen LogP contribution >= 0.6 is 0 Å². The number of carbonyl (C=O) groups excluding carboxylic acids is 2. The van der Waals surface area contributed by atoms with Crippen molar-refractivity contribution in [3.8, 4) is 5.75 Å². The second-order valence-electron chi connectivity index (χ2n) is 9.43. The second-order valence-corrected chi connectivity index (χ2v) is 11.6. The number of alkyl halides is 5. The summed E-state index contributed by atoms with van der Waals surface area (Å²) in [5.74, 6) is -2.39. The summed E-state index contributed by atoms with van der Waals surface area (Å²) in [6, 6.07) is 4.47. The molecule has 0 bridgehead atoms. The number of amides is 2. The molecule has 214 valence electrons. The molecule has 2 amide bonds. The first-order chi connectivity index (χ1) is 18.2. The third-order valence-corrected chi connectivity index (χ3v) is 7.09. The fourth-order valence-corrected chi connectivity index (χ4v) is 5.41. The van der Waals surface area contributed by atoms with Crippen LogP contribution in [0, 0.1) is 0 Å². The number of hydrogen-bond acceptors (Lipinski definition) is 7. The fraction of sp³-hybridized carbons (Fsp3) is 0.522. The van der Waals surface area contributed by atoms with Crippen LogP contribution in [-0.4, -0.2) is 68.0 Å². The molecule has 1 atom stereocenters. The lowest BCUT2D eigenvalue weighted by atomic mass is 9.82. The number of benzene rings is 1. The second kappa shape index (κ2) is 10.7. The molecule has 0 radical (unpaired) electrons. The van der Waals surface area contributed by atoms with Gasteiger partial charge in [0, 0.05) is 19.2 Å². The molecule has 1 aromatic carbocycles. The molecule has 1 spiro atoms. The Morgan fingerprint density at radius 3 is 2.72 bits per heavy atom. The maximum Gasteiger partial charge on any atom is 0.422 e. The highest BCUT2D eigenvalue weighted by atomic mass is 32.2. The number of anilines is 1. The Balaban J connectivity index is 1.62. The lowest BCUT2D eigenvalue weighted by Gasteiger charge is -2.35.